The van der Waals surface area contributed by atoms with E-state index in [1.165, 1.54) is 11.1 Å². The Kier molecular flexibility index (Phi) is 7.93. The number of hydrogen-bond acceptors (Lipinski definition) is 2. The molecule has 3 nitrogen and oxygen atoms in total. The second-order valence-corrected chi connectivity index (χ2v) is 10.2. The molecule has 0 heterocycles. The summed E-state index contributed by atoms with van der Waals surface area (Å²) in [7, 11) is -1.24. The fraction of sp³-hybridized carbons (Fsp3) is 0.435. The average Bonchev–Trinajstić information content (AvgIpc) is 2.62. The normalized spacial score (nSPS) is 14.8. The molecule has 2 aromatic rings. The van der Waals surface area contributed by atoms with E-state index in [1.54, 1.807) is 0 Å². The van der Waals surface area contributed by atoms with Crippen LogP contribution in [0.4, 0.5) is 0 Å². The highest BCUT2D eigenvalue weighted by Gasteiger charge is 2.23. The minimum absolute atomic E-state index is 0.108. The van der Waals surface area contributed by atoms with Crippen LogP contribution in [-0.2, 0) is 24.1 Å². The van der Waals surface area contributed by atoms with Crippen molar-refractivity contribution in [1.29, 1.82) is 0 Å². The molecule has 0 saturated carbocycles. The topological polar surface area (TPSA) is 32.7 Å². The Labute approximate surface area is 167 Å². The van der Waals surface area contributed by atoms with E-state index in [2.05, 4.69) is 71.7 Å². The fourth-order valence-electron chi connectivity index (χ4n) is 2.87. The van der Waals surface area contributed by atoms with Gasteiger partial charge >= 0.3 is 0 Å². The molecule has 4 heteroatoms. The number of benzene rings is 2. The van der Waals surface area contributed by atoms with Crippen LogP contribution >= 0.6 is 0 Å². The van der Waals surface area contributed by atoms with Gasteiger partial charge in [-0.05, 0) is 37.8 Å². The Morgan fingerprint density at radius 1 is 0.926 bits per heavy atom. The maximum absolute atomic E-state index is 12.4. The van der Waals surface area contributed by atoms with Crippen LogP contribution in [0.25, 0.3) is 0 Å². The molecule has 27 heavy (non-hydrogen) atoms. The van der Waals surface area contributed by atoms with Gasteiger partial charge in [0, 0.05) is 25.3 Å². The number of hydrogen-bond donors (Lipinski definition) is 0. The van der Waals surface area contributed by atoms with Gasteiger partial charge in [0.05, 0.1) is 4.75 Å². The van der Waals surface area contributed by atoms with Crippen LogP contribution in [0.5, 0.6) is 0 Å². The van der Waals surface area contributed by atoms with E-state index in [4.69, 9.17) is 0 Å². The van der Waals surface area contributed by atoms with E-state index < -0.39 is 11.0 Å². The van der Waals surface area contributed by atoms with Crippen molar-refractivity contribution in [3.05, 3.63) is 71.8 Å². The molecule has 2 rings (SSSR count). The zero-order chi connectivity index (χ0) is 19.9. The van der Waals surface area contributed by atoms with Crippen LogP contribution in [0.2, 0.25) is 0 Å². The van der Waals surface area contributed by atoms with Gasteiger partial charge in [0.25, 0.3) is 0 Å². The van der Waals surface area contributed by atoms with E-state index in [-0.39, 0.29) is 10.8 Å². The minimum Gasteiger partial charge on any atom is -0.287 e. The Hall–Kier alpha value is -1.78. The molecular weight excluding hydrogens is 352 g/mol. The lowest BCUT2D eigenvalue weighted by molar-refractivity contribution is 0.190. The summed E-state index contributed by atoms with van der Waals surface area (Å²) in [4.78, 5) is 2.42. The smallest absolute Gasteiger partial charge is 0.144 e. The zero-order valence-corrected chi connectivity index (χ0v) is 17.9. The summed E-state index contributed by atoms with van der Waals surface area (Å²) < 4.78 is 16.5. The van der Waals surface area contributed by atoms with Crippen LogP contribution in [0.1, 0.15) is 45.7 Å². The lowest BCUT2D eigenvalue weighted by Gasteiger charge is -2.32. The van der Waals surface area contributed by atoms with Gasteiger partial charge in [0.15, 0.2) is 0 Å². The van der Waals surface area contributed by atoms with Gasteiger partial charge < -0.3 is 0 Å². The maximum atomic E-state index is 12.4. The largest absolute Gasteiger partial charge is 0.287 e. The predicted octanol–water partition coefficient (Wildman–Crippen LogP) is 5.25. The first-order valence-corrected chi connectivity index (χ1v) is 10.7. The van der Waals surface area contributed by atoms with Crippen LogP contribution in [0, 0.1) is 5.92 Å². The molecule has 0 spiro atoms. The van der Waals surface area contributed by atoms with Crippen molar-refractivity contribution in [3.8, 4) is 0 Å². The zero-order valence-electron chi connectivity index (χ0n) is 17.1. The van der Waals surface area contributed by atoms with Gasteiger partial charge in [-0.1, -0.05) is 74.5 Å². The highest BCUT2D eigenvalue weighted by Crippen LogP contribution is 2.19. The third-order valence-electron chi connectivity index (χ3n) is 4.39. The Morgan fingerprint density at radius 3 is 1.74 bits per heavy atom. The van der Waals surface area contributed by atoms with E-state index in [9.17, 15) is 4.21 Å². The minimum atomic E-state index is -1.24. The summed E-state index contributed by atoms with van der Waals surface area (Å²) in [5.74, 6) is 0.359. The average molecular weight is 385 g/mol. The van der Waals surface area contributed by atoms with Crippen molar-refractivity contribution in [2.24, 2.45) is 10.3 Å². The van der Waals surface area contributed by atoms with Crippen molar-refractivity contribution in [2.45, 2.75) is 58.5 Å². The van der Waals surface area contributed by atoms with Crippen LogP contribution in [0.15, 0.2) is 65.1 Å². The first-order valence-electron chi connectivity index (χ1n) is 9.55. The van der Waals surface area contributed by atoms with E-state index in [0.717, 1.165) is 13.1 Å². The molecule has 0 aliphatic rings. The first kappa shape index (κ1) is 21.5. The van der Waals surface area contributed by atoms with Crippen molar-refractivity contribution < 1.29 is 4.21 Å². The Bertz CT molecular complexity index is 694. The van der Waals surface area contributed by atoms with Crippen molar-refractivity contribution in [3.63, 3.8) is 0 Å². The van der Waals surface area contributed by atoms with E-state index in [0.29, 0.717) is 5.92 Å². The molecule has 0 fully saturated rings. The maximum Gasteiger partial charge on any atom is 0.144 e. The highest BCUT2D eigenvalue weighted by atomic mass is 32.2. The SMILES string of the molecule is CC(C)[C@@H](C=NS(=O)C(C)(C)C)N(Cc1ccccc1)Cc1ccccc1. The molecule has 0 saturated heterocycles. The standard InChI is InChI=1S/C23H32N2OS/c1-19(2)22(16-24-27(26)23(3,4)5)25(17-20-12-8-6-9-13-20)18-21-14-10-7-11-15-21/h6-16,19,22H,17-18H2,1-5H3/t22-,27?/m1/s1. The molecule has 0 aliphatic heterocycles. The van der Waals surface area contributed by atoms with Crippen molar-refractivity contribution in [2.75, 3.05) is 0 Å². The molecule has 0 bridgehead atoms. The molecule has 0 amide bonds. The summed E-state index contributed by atoms with van der Waals surface area (Å²) in [6.07, 6.45) is 1.90. The summed E-state index contributed by atoms with van der Waals surface area (Å²) in [6, 6.07) is 21.1. The lowest BCUT2D eigenvalue weighted by atomic mass is 10.0. The summed E-state index contributed by atoms with van der Waals surface area (Å²) in [5, 5.41) is 0. The van der Waals surface area contributed by atoms with Gasteiger partial charge in [0.2, 0.25) is 0 Å². The predicted molar refractivity (Wildman–Crippen MR) is 117 cm³/mol. The molecule has 1 unspecified atom stereocenters. The molecule has 146 valence electrons. The number of nitrogens with zero attached hydrogens (tertiary/aromatic N) is 2. The third-order valence-corrected chi connectivity index (χ3v) is 5.76. The second kappa shape index (κ2) is 9.95. The Morgan fingerprint density at radius 2 is 1.37 bits per heavy atom. The summed E-state index contributed by atoms with van der Waals surface area (Å²) in [5.41, 5.74) is 2.54. The second-order valence-electron chi connectivity index (χ2n) is 8.23. The molecule has 2 aromatic carbocycles. The van der Waals surface area contributed by atoms with Crippen LogP contribution in [-0.4, -0.2) is 26.1 Å². The van der Waals surface area contributed by atoms with Gasteiger partial charge in [-0.2, -0.15) is 4.40 Å². The quantitative estimate of drug-likeness (QED) is 0.583. The van der Waals surface area contributed by atoms with Crippen molar-refractivity contribution in [1.82, 2.24) is 4.90 Å². The van der Waals surface area contributed by atoms with Gasteiger partial charge in [-0.3, -0.25) is 4.90 Å². The summed E-state index contributed by atoms with van der Waals surface area (Å²) >= 11 is 0. The lowest BCUT2D eigenvalue weighted by Crippen LogP contribution is -2.39. The monoisotopic (exact) mass is 384 g/mol. The van der Waals surface area contributed by atoms with Crippen LogP contribution in [0.3, 0.4) is 0 Å². The first-order chi connectivity index (χ1) is 12.8. The Balaban J connectivity index is 2.29. The van der Waals surface area contributed by atoms with Crippen molar-refractivity contribution >= 4 is 17.2 Å². The molecule has 0 radical (unpaired) electrons. The number of rotatable bonds is 8. The molecule has 0 N–H and O–H groups in total. The van der Waals surface area contributed by atoms with Gasteiger partial charge in [-0.15, -0.1) is 0 Å². The molecule has 0 aliphatic carbocycles. The summed E-state index contributed by atoms with van der Waals surface area (Å²) in [6.45, 7) is 11.9. The molecule has 0 aromatic heterocycles. The highest BCUT2D eigenvalue weighted by molar-refractivity contribution is 7.85. The fourth-order valence-corrected chi connectivity index (χ4v) is 3.42. The van der Waals surface area contributed by atoms with E-state index in [1.807, 2.05) is 39.1 Å². The van der Waals surface area contributed by atoms with E-state index >= 15 is 0 Å². The van der Waals surface area contributed by atoms with Gasteiger partial charge in [0.1, 0.15) is 11.0 Å². The molecular formula is C23H32N2OS. The molecule has 2 atom stereocenters. The third kappa shape index (κ3) is 7.04. The van der Waals surface area contributed by atoms with Crippen LogP contribution < -0.4 is 0 Å². The van der Waals surface area contributed by atoms with Gasteiger partial charge in [-0.25, -0.2) is 4.21 Å².